The fourth-order valence-corrected chi connectivity index (χ4v) is 7.76. The summed E-state index contributed by atoms with van der Waals surface area (Å²) < 4.78 is 12.1. The van der Waals surface area contributed by atoms with Crippen LogP contribution in [0.1, 0.15) is 57.4 Å². The van der Waals surface area contributed by atoms with Gasteiger partial charge in [-0.05, 0) is 87.3 Å². The molecule has 1 spiro atoms. The maximum atomic E-state index is 12.9. The third kappa shape index (κ3) is 3.64. The summed E-state index contributed by atoms with van der Waals surface area (Å²) in [6.07, 6.45) is 9.74. The Hall–Kier alpha value is -1.39. The molecule has 6 atom stereocenters. The fraction of sp³-hybridized carbons (Fsp3) is 0.741. The lowest BCUT2D eigenvalue weighted by atomic mass is 9.53. The van der Waals surface area contributed by atoms with E-state index < -0.39 is 0 Å². The normalized spacial score (nSPS) is 42.8. The number of nitrogens with zero attached hydrogens (tertiary/aromatic N) is 1. The van der Waals surface area contributed by atoms with Crippen LogP contribution < -0.4 is 0 Å². The third-order valence-corrected chi connectivity index (χ3v) is 9.61. The Kier molecular flexibility index (Phi) is 4.95. The number of likely N-dealkylation sites (tertiary alicyclic amines) is 1. The lowest BCUT2D eigenvalue weighted by Crippen LogP contribution is -2.51. The molecular formula is C27H37NO3. The SMILES string of the molecule is C[C@]12CCCC3(CO3)C1C[C@@H]1C(CN3CCC(Cc4ccccc4)CC3)C(=O)O[C@@H]1C2. The first kappa shape index (κ1) is 20.2. The Labute approximate surface area is 186 Å². The summed E-state index contributed by atoms with van der Waals surface area (Å²) in [5.41, 5.74) is 1.89. The largest absolute Gasteiger partial charge is 0.462 e. The van der Waals surface area contributed by atoms with E-state index in [0.717, 1.165) is 45.0 Å². The number of esters is 1. The highest BCUT2D eigenvalue weighted by atomic mass is 16.6. The van der Waals surface area contributed by atoms with Crippen LogP contribution in [0.4, 0.5) is 0 Å². The van der Waals surface area contributed by atoms with E-state index in [1.54, 1.807) is 0 Å². The van der Waals surface area contributed by atoms with Crippen molar-refractivity contribution >= 4 is 5.97 Å². The Morgan fingerprint density at radius 2 is 1.90 bits per heavy atom. The number of benzene rings is 1. The Balaban J connectivity index is 1.08. The number of rotatable bonds is 4. The van der Waals surface area contributed by atoms with E-state index in [-0.39, 0.29) is 23.6 Å². The molecule has 0 N–H and O–H groups in total. The van der Waals surface area contributed by atoms with Gasteiger partial charge in [0.25, 0.3) is 0 Å². The van der Waals surface area contributed by atoms with Gasteiger partial charge in [-0.2, -0.15) is 0 Å². The molecule has 3 aliphatic heterocycles. The van der Waals surface area contributed by atoms with Crippen LogP contribution in [-0.4, -0.2) is 48.8 Å². The molecule has 0 aromatic heterocycles. The standard InChI is InChI=1S/C27H37NO3/c1-26-10-5-11-27(18-30-27)24(26)15-21-22(25(29)31-23(21)16-26)17-28-12-8-20(9-13-28)14-19-6-3-2-4-7-19/h2-4,6-7,20-24H,5,8-18H2,1H3/t21-,22?,23-,24?,26-,27?/m1/s1. The molecule has 5 aliphatic rings. The Bertz CT molecular complexity index is 813. The first-order valence-electron chi connectivity index (χ1n) is 12.7. The summed E-state index contributed by atoms with van der Waals surface area (Å²) in [6, 6.07) is 10.9. The Morgan fingerprint density at radius 3 is 2.65 bits per heavy atom. The molecule has 2 aliphatic carbocycles. The first-order chi connectivity index (χ1) is 15.0. The molecule has 0 amide bonds. The molecule has 5 fully saturated rings. The van der Waals surface area contributed by atoms with Crippen LogP contribution in [0.5, 0.6) is 0 Å². The van der Waals surface area contributed by atoms with Crippen LogP contribution >= 0.6 is 0 Å². The molecule has 3 unspecified atom stereocenters. The zero-order chi connectivity index (χ0) is 21.1. The average molecular weight is 424 g/mol. The summed E-state index contributed by atoms with van der Waals surface area (Å²) in [7, 11) is 0. The van der Waals surface area contributed by atoms with Gasteiger partial charge in [-0.25, -0.2) is 0 Å². The number of ether oxygens (including phenoxy) is 2. The number of carbonyl (C=O) groups is 1. The Morgan fingerprint density at radius 1 is 1.13 bits per heavy atom. The summed E-state index contributed by atoms with van der Waals surface area (Å²) >= 11 is 0. The van der Waals surface area contributed by atoms with E-state index >= 15 is 0 Å². The van der Waals surface area contributed by atoms with Crippen LogP contribution in [0.3, 0.4) is 0 Å². The van der Waals surface area contributed by atoms with Crippen molar-refractivity contribution in [1.82, 2.24) is 4.90 Å². The van der Waals surface area contributed by atoms with Gasteiger partial charge < -0.3 is 14.4 Å². The van der Waals surface area contributed by atoms with Gasteiger partial charge in [-0.15, -0.1) is 0 Å². The molecule has 1 aromatic rings. The number of fused-ring (bicyclic) bond motifs is 3. The number of hydrogen-bond donors (Lipinski definition) is 0. The van der Waals surface area contributed by atoms with Gasteiger partial charge in [0.15, 0.2) is 0 Å². The van der Waals surface area contributed by atoms with Crippen molar-refractivity contribution in [2.75, 3.05) is 26.2 Å². The molecular weight excluding hydrogens is 386 g/mol. The molecule has 0 bridgehead atoms. The summed E-state index contributed by atoms with van der Waals surface area (Å²) in [5, 5.41) is 0. The van der Waals surface area contributed by atoms with Gasteiger partial charge in [-0.1, -0.05) is 37.3 Å². The van der Waals surface area contributed by atoms with E-state index in [1.165, 1.54) is 44.1 Å². The zero-order valence-corrected chi connectivity index (χ0v) is 18.9. The van der Waals surface area contributed by atoms with Crippen LogP contribution in [0.25, 0.3) is 0 Å². The summed E-state index contributed by atoms with van der Waals surface area (Å²) in [4.78, 5) is 15.5. The molecule has 4 heteroatoms. The predicted molar refractivity (Wildman–Crippen MR) is 120 cm³/mol. The highest BCUT2D eigenvalue weighted by Crippen LogP contribution is 2.62. The lowest BCUT2D eigenvalue weighted by molar-refractivity contribution is -0.147. The highest BCUT2D eigenvalue weighted by Gasteiger charge is 2.65. The van der Waals surface area contributed by atoms with E-state index in [4.69, 9.17) is 9.47 Å². The smallest absolute Gasteiger partial charge is 0.310 e. The molecule has 168 valence electrons. The second kappa shape index (κ2) is 7.59. The fourth-order valence-electron chi connectivity index (χ4n) is 7.76. The summed E-state index contributed by atoms with van der Waals surface area (Å²) in [6.45, 7) is 6.52. The van der Waals surface area contributed by atoms with Gasteiger partial charge >= 0.3 is 5.97 Å². The minimum absolute atomic E-state index is 0.0675. The summed E-state index contributed by atoms with van der Waals surface area (Å²) in [5.74, 6) is 1.93. The van der Waals surface area contributed by atoms with Crippen LogP contribution in [0.2, 0.25) is 0 Å². The molecule has 2 saturated carbocycles. The van der Waals surface area contributed by atoms with Gasteiger partial charge in [-0.3, -0.25) is 4.79 Å². The molecule has 1 aromatic carbocycles. The molecule has 4 nitrogen and oxygen atoms in total. The minimum atomic E-state index is 0.0675. The first-order valence-corrected chi connectivity index (χ1v) is 12.7. The lowest BCUT2D eigenvalue weighted by Gasteiger charge is -2.51. The van der Waals surface area contributed by atoms with Crippen LogP contribution in [0, 0.1) is 29.1 Å². The highest BCUT2D eigenvalue weighted by molar-refractivity contribution is 5.75. The van der Waals surface area contributed by atoms with E-state index in [2.05, 4.69) is 42.2 Å². The number of carbonyl (C=O) groups excluding carboxylic acids is 1. The van der Waals surface area contributed by atoms with Crippen molar-refractivity contribution in [2.24, 2.45) is 29.1 Å². The van der Waals surface area contributed by atoms with Crippen molar-refractivity contribution in [3.05, 3.63) is 35.9 Å². The molecule has 0 radical (unpaired) electrons. The van der Waals surface area contributed by atoms with Crippen LogP contribution in [-0.2, 0) is 20.7 Å². The molecule has 3 saturated heterocycles. The monoisotopic (exact) mass is 423 g/mol. The molecule has 6 rings (SSSR count). The topological polar surface area (TPSA) is 42.1 Å². The van der Waals surface area contributed by atoms with Gasteiger partial charge in [0.05, 0.1) is 18.1 Å². The van der Waals surface area contributed by atoms with Crippen molar-refractivity contribution in [3.63, 3.8) is 0 Å². The zero-order valence-electron chi connectivity index (χ0n) is 18.9. The second-order valence-corrected chi connectivity index (χ2v) is 11.5. The van der Waals surface area contributed by atoms with Gasteiger partial charge in [0, 0.05) is 12.5 Å². The van der Waals surface area contributed by atoms with E-state index in [1.807, 2.05) is 0 Å². The third-order valence-electron chi connectivity index (χ3n) is 9.61. The van der Waals surface area contributed by atoms with Crippen molar-refractivity contribution < 1.29 is 14.3 Å². The van der Waals surface area contributed by atoms with Gasteiger partial charge in [0.1, 0.15) is 6.10 Å². The van der Waals surface area contributed by atoms with Crippen molar-refractivity contribution in [3.8, 4) is 0 Å². The second-order valence-electron chi connectivity index (χ2n) is 11.5. The predicted octanol–water partition coefficient (Wildman–Crippen LogP) is 4.47. The van der Waals surface area contributed by atoms with Crippen molar-refractivity contribution in [1.29, 1.82) is 0 Å². The number of piperidine rings is 1. The van der Waals surface area contributed by atoms with E-state index in [9.17, 15) is 4.79 Å². The average Bonchev–Trinajstić information content (AvgIpc) is 3.47. The van der Waals surface area contributed by atoms with E-state index in [0.29, 0.717) is 17.3 Å². The number of epoxide rings is 1. The van der Waals surface area contributed by atoms with Crippen LogP contribution in [0.15, 0.2) is 30.3 Å². The maximum absolute atomic E-state index is 12.9. The maximum Gasteiger partial charge on any atom is 0.310 e. The molecule has 31 heavy (non-hydrogen) atoms. The number of hydrogen-bond acceptors (Lipinski definition) is 4. The minimum Gasteiger partial charge on any atom is -0.462 e. The van der Waals surface area contributed by atoms with Gasteiger partial charge in [0.2, 0.25) is 0 Å². The molecule has 3 heterocycles. The quantitative estimate of drug-likeness (QED) is 0.529. The van der Waals surface area contributed by atoms with Crippen molar-refractivity contribution in [2.45, 2.75) is 70.0 Å².